The van der Waals surface area contributed by atoms with Gasteiger partial charge in [-0.2, -0.15) is 0 Å². The Hall–Kier alpha value is 0.180. The van der Waals surface area contributed by atoms with Gasteiger partial charge in [0.05, 0.1) is 5.60 Å². The number of aliphatic hydroxyl groups is 1. The molecule has 0 amide bonds. The van der Waals surface area contributed by atoms with Crippen molar-refractivity contribution in [2.45, 2.75) is 137 Å². The fourth-order valence-electron chi connectivity index (χ4n) is 9.78. The van der Waals surface area contributed by atoms with E-state index >= 15 is 0 Å². The van der Waals surface area contributed by atoms with Gasteiger partial charge in [0.2, 0.25) is 0 Å². The summed E-state index contributed by atoms with van der Waals surface area (Å²) in [6, 6.07) is 0. The van der Waals surface area contributed by atoms with Gasteiger partial charge in [0, 0.05) is 4.83 Å². The molecule has 0 spiro atoms. The van der Waals surface area contributed by atoms with Crippen LogP contribution in [0.1, 0.15) is 127 Å². The van der Waals surface area contributed by atoms with Crippen molar-refractivity contribution in [1.29, 1.82) is 0 Å². The van der Waals surface area contributed by atoms with E-state index in [1.165, 1.54) is 57.8 Å². The summed E-state index contributed by atoms with van der Waals surface area (Å²) in [5, 5.41) is 10.4. The Morgan fingerprint density at radius 1 is 0.939 bits per heavy atom. The Morgan fingerprint density at radius 2 is 1.61 bits per heavy atom. The molecule has 4 aliphatic carbocycles. The highest BCUT2D eigenvalue weighted by atomic mass is 79.9. The van der Waals surface area contributed by atoms with Crippen LogP contribution in [-0.4, -0.2) is 15.5 Å². The standard InChI is InChI=1S/C31H53BrO/c1-20(10-13-26(32)28(5,6)33)22-15-18-31(9)24-11-12-25-27(3,4)21(2)14-17-29(25,7)23(24)16-19-30(22,31)8/h20-22,25-26,33H,10-19H2,1-9H3/t20-,21+,22?,25?,26?,29-,30-,31+/m1/s1. The third-order valence-corrected chi connectivity index (χ3v) is 14.3. The molecule has 1 N–H and O–H groups in total. The predicted octanol–water partition coefficient (Wildman–Crippen LogP) is 9.32. The maximum Gasteiger partial charge on any atom is 0.0716 e. The van der Waals surface area contributed by atoms with Crippen molar-refractivity contribution >= 4 is 15.9 Å². The molecule has 1 nitrogen and oxygen atoms in total. The van der Waals surface area contributed by atoms with Crippen LogP contribution < -0.4 is 0 Å². The molecule has 190 valence electrons. The molecule has 8 atom stereocenters. The molecule has 2 saturated carbocycles. The maximum absolute atomic E-state index is 10.4. The fraction of sp³-hybridized carbons (Fsp3) is 0.935. The van der Waals surface area contributed by atoms with Gasteiger partial charge in [-0.1, -0.05) is 75.5 Å². The molecule has 0 heterocycles. The van der Waals surface area contributed by atoms with Gasteiger partial charge in [0.15, 0.2) is 0 Å². The van der Waals surface area contributed by atoms with Crippen LogP contribution in [0.5, 0.6) is 0 Å². The van der Waals surface area contributed by atoms with Crippen molar-refractivity contribution in [1.82, 2.24) is 0 Å². The normalized spacial score (nSPS) is 44.6. The Kier molecular flexibility index (Phi) is 6.65. The molecule has 0 aromatic heterocycles. The number of allylic oxidation sites excluding steroid dienone is 2. The predicted molar refractivity (Wildman–Crippen MR) is 146 cm³/mol. The van der Waals surface area contributed by atoms with Crippen molar-refractivity contribution in [3.05, 3.63) is 11.1 Å². The minimum absolute atomic E-state index is 0.181. The first-order chi connectivity index (χ1) is 15.1. The molecule has 0 radical (unpaired) electrons. The van der Waals surface area contributed by atoms with E-state index in [1.807, 2.05) is 25.0 Å². The van der Waals surface area contributed by atoms with Crippen molar-refractivity contribution in [2.75, 3.05) is 0 Å². The van der Waals surface area contributed by atoms with Crippen molar-refractivity contribution < 1.29 is 5.11 Å². The third-order valence-electron chi connectivity index (χ3n) is 12.7. The van der Waals surface area contributed by atoms with Crippen molar-refractivity contribution in [2.24, 2.45) is 45.3 Å². The molecule has 2 heteroatoms. The molecule has 2 fully saturated rings. The second-order valence-electron chi connectivity index (χ2n) is 14.8. The summed E-state index contributed by atoms with van der Waals surface area (Å²) >= 11 is 3.77. The number of rotatable bonds is 5. The second kappa shape index (κ2) is 8.36. The number of alkyl halides is 1. The molecule has 33 heavy (non-hydrogen) atoms. The Morgan fingerprint density at radius 3 is 2.24 bits per heavy atom. The summed E-state index contributed by atoms with van der Waals surface area (Å²) < 4.78 is 0. The number of hydrogen-bond acceptors (Lipinski definition) is 1. The summed E-state index contributed by atoms with van der Waals surface area (Å²) in [4.78, 5) is 0.181. The van der Waals surface area contributed by atoms with E-state index in [9.17, 15) is 5.11 Å². The van der Waals surface area contributed by atoms with E-state index in [1.54, 1.807) is 0 Å². The molecule has 3 unspecified atom stereocenters. The van der Waals surface area contributed by atoms with E-state index in [-0.39, 0.29) is 4.83 Å². The largest absolute Gasteiger partial charge is 0.389 e. The molecular weight excluding hydrogens is 468 g/mol. The van der Waals surface area contributed by atoms with Gasteiger partial charge in [0.1, 0.15) is 0 Å². The lowest BCUT2D eigenvalue weighted by atomic mass is 9.42. The van der Waals surface area contributed by atoms with E-state index in [0.29, 0.717) is 21.7 Å². The highest BCUT2D eigenvalue weighted by Crippen LogP contribution is 2.72. The molecule has 0 saturated heterocycles. The van der Waals surface area contributed by atoms with Crippen LogP contribution in [0.15, 0.2) is 11.1 Å². The zero-order chi connectivity index (χ0) is 24.6. The number of fused-ring (bicyclic) bond motifs is 4. The SMILES string of the molecule is C[C@H](CCC(Br)C(C)(C)O)C1CC[C@@]2(C)C3=C(CC[C@]12C)[C@@]1(C)CC[C@H](C)C(C)(C)C1CC3. The maximum atomic E-state index is 10.4. The van der Waals surface area contributed by atoms with Gasteiger partial charge in [-0.25, -0.2) is 0 Å². The van der Waals surface area contributed by atoms with Crippen molar-refractivity contribution in [3.8, 4) is 0 Å². The lowest BCUT2D eigenvalue weighted by molar-refractivity contribution is -0.0483. The summed E-state index contributed by atoms with van der Waals surface area (Å²) in [5.74, 6) is 3.24. The Balaban J connectivity index is 1.60. The molecule has 0 aliphatic heterocycles. The topological polar surface area (TPSA) is 20.2 Å². The van der Waals surface area contributed by atoms with Crippen LogP contribution in [0.4, 0.5) is 0 Å². The average molecular weight is 522 g/mol. The third kappa shape index (κ3) is 3.86. The first kappa shape index (κ1) is 26.2. The fourth-order valence-corrected chi connectivity index (χ4v) is 10.0. The zero-order valence-corrected chi connectivity index (χ0v) is 24.9. The minimum Gasteiger partial charge on any atom is -0.389 e. The van der Waals surface area contributed by atoms with E-state index < -0.39 is 5.60 Å². The number of halogens is 1. The van der Waals surface area contributed by atoms with Gasteiger partial charge >= 0.3 is 0 Å². The highest BCUT2D eigenvalue weighted by molar-refractivity contribution is 9.09. The van der Waals surface area contributed by atoms with Gasteiger partial charge in [0.25, 0.3) is 0 Å². The van der Waals surface area contributed by atoms with Crippen LogP contribution in [0.3, 0.4) is 0 Å². The van der Waals surface area contributed by atoms with Crippen LogP contribution in [0.25, 0.3) is 0 Å². The van der Waals surface area contributed by atoms with Gasteiger partial charge in [-0.15, -0.1) is 0 Å². The summed E-state index contributed by atoms with van der Waals surface area (Å²) in [7, 11) is 0. The van der Waals surface area contributed by atoms with Gasteiger partial charge in [-0.3, -0.25) is 0 Å². The minimum atomic E-state index is -0.641. The van der Waals surface area contributed by atoms with Gasteiger partial charge in [-0.05, 0) is 123 Å². The molecule has 0 bridgehead atoms. The van der Waals surface area contributed by atoms with Crippen LogP contribution >= 0.6 is 15.9 Å². The lowest BCUT2D eigenvalue weighted by Gasteiger charge is -2.62. The first-order valence-corrected chi connectivity index (χ1v) is 15.1. The van der Waals surface area contributed by atoms with E-state index in [2.05, 4.69) is 64.4 Å². The monoisotopic (exact) mass is 520 g/mol. The highest BCUT2D eigenvalue weighted by Gasteiger charge is 2.63. The summed E-state index contributed by atoms with van der Waals surface area (Å²) in [6.07, 6.45) is 13.4. The van der Waals surface area contributed by atoms with E-state index in [0.717, 1.165) is 30.1 Å². The molecule has 0 aromatic carbocycles. The van der Waals surface area contributed by atoms with Crippen LogP contribution in [0.2, 0.25) is 0 Å². The second-order valence-corrected chi connectivity index (χ2v) is 15.9. The van der Waals surface area contributed by atoms with Crippen molar-refractivity contribution in [3.63, 3.8) is 0 Å². The quantitative estimate of drug-likeness (QED) is 0.282. The molecule has 4 rings (SSSR count). The molecule has 4 aliphatic rings. The van der Waals surface area contributed by atoms with Crippen LogP contribution in [0, 0.1) is 45.3 Å². The summed E-state index contributed by atoms with van der Waals surface area (Å²) in [5.41, 5.74) is 4.94. The molecular formula is C31H53BrO. The number of hydrogen-bond donors (Lipinski definition) is 1. The molecule has 0 aromatic rings. The van der Waals surface area contributed by atoms with Crippen LogP contribution in [-0.2, 0) is 0 Å². The van der Waals surface area contributed by atoms with E-state index in [4.69, 9.17) is 0 Å². The average Bonchev–Trinajstić information content (AvgIpc) is 3.00. The first-order valence-electron chi connectivity index (χ1n) is 14.2. The summed E-state index contributed by atoms with van der Waals surface area (Å²) in [6.45, 7) is 22.1. The Labute approximate surface area is 214 Å². The smallest absolute Gasteiger partial charge is 0.0716 e. The van der Waals surface area contributed by atoms with Gasteiger partial charge < -0.3 is 5.11 Å². The lowest BCUT2D eigenvalue weighted by Crippen LogP contribution is -2.53. The Bertz CT molecular complexity index is 789. The zero-order valence-electron chi connectivity index (χ0n) is 23.3.